The Balaban J connectivity index is 2.21. The zero-order valence-corrected chi connectivity index (χ0v) is 14.8. The summed E-state index contributed by atoms with van der Waals surface area (Å²) in [5, 5.41) is 7.15. The van der Waals surface area contributed by atoms with Gasteiger partial charge in [-0.25, -0.2) is 0 Å². The fraction of sp³-hybridized carbons (Fsp3) is 0.312. The summed E-state index contributed by atoms with van der Waals surface area (Å²) in [5.74, 6) is -0.596. The fourth-order valence-electron chi connectivity index (χ4n) is 2.19. The third-order valence-electron chi connectivity index (χ3n) is 3.32. The van der Waals surface area contributed by atoms with Gasteiger partial charge in [0.25, 0.3) is 5.91 Å². The molecule has 7 heteroatoms. The van der Waals surface area contributed by atoms with Gasteiger partial charge in [-0.2, -0.15) is 5.10 Å². The molecular formula is C16H18BrN3O3. The number of aromatic nitrogens is 2. The highest BCUT2D eigenvalue weighted by molar-refractivity contribution is 9.10. The monoisotopic (exact) mass is 379 g/mol. The molecule has 0 spiro atoms. The van der Waals surface area contributed by atoms with Crippen LogP contribution in [0.15, 0.2) is 28.7 Å². The summed E-state index contributed by atoms with van der Waals surface area (Å²) < 4.78 is 7.17. The Morgan fingerprint density at radius 2 is 2.00 bits per heavy atom. The molecule has 1 aromatic carbocycles. The molecule has 0 saturated carbocycles. The van der Waals surface area contributed by atoms with E-state index in [1.807, 2.05) is 6.07 Å². The Kier molecular flexibility index (Phi) is 5.54. The van der Waals surface area contributed by atoms with Gasteiger partial charge in [0.2, 0.25) is 0 Å². The third-order valence-corrected chi connectivity index (χ3v) is 4.01. The SMILES string of the molecule is CCOC(=O)Cn1nc(C)c(NC(=O)c2ccccc2Br)c1C. The van der Waals surface area contributed by atoms with Gasteiger partial charge >= 0.3 is 5.97 Å². The smallest absolute Gasteiger partial charge is 0.327 e. The molecule has 23 heavy (non-hydrogen) atoms. The van der Waals surface area contributed by atoms with Crippen molar-refractivity contribution in [1.29, 1.82) is 0 Å². The lowest BCUT2D eigenvalue weighted by Gasteiger charge is -2.08. The van der Waals surface area contributed by atoms with Crippen molar-refractivity contribution in [3.8, 4) is 0 Å². The molecule has 6 nitrogen and oxygen atoms in total. The number of halogens is 1. The van der Waals surface area contributed by atoms with Gasteiger partial charge in [0.1, 0.15) is 6.54 Å². The van der Waals surface area contributed by atoms with Crippen molar-refractivity contribution >= 4 is 33.5 Å². The van der Waals surface area contributed by atoms with E-state index in [0.29, 0.717) is 33.7 Å². The van der Waals surface area contributed by atoms with E-state index >= 15 is 0 Å². The lowest BCUT2D eigenvalue weighted by Crippen LogP contribution is -2.16. The first-order valence-electron chi connectivity index (χ1n) is 7.19. The van der Waals surface area contributed by atoms with Crippen molar-refractivity contribution in [2.75, 3.05) is 11.9 Å². The molecule has 1 heterocycles. The molecule has 0 atom stereocenters. The van der Waals surface area contributed by atoms with Crippen LogP contribution in [-0.4, -0.2) is 28.3 Å². The average molecular weight is 380 g/mol. The Labute approximate surface area is 143 Å². The molecule has 2 aromatic rings. The van der Waals surface area contributed by atoms with E-state index in [0.717, 1.165) is 0 Å². The lowest BCUT2D eigenvalue weighted by molar-refractivity contribution is -0.144. The van der Waals surface area contributed by atoms with Gasteiger partial charge < -0.3 is 10.1 Å². The maximum Gasteiger partial charge on any atom is 0.327 e. The molecule has 0 aliphatic heterocycles. The summed E-state index contributed by atoms with van der Waals surface area (Å²) in [6.45, 7) is 5.68. The van der Waals surface area contributed by atoms with Crippen molar-refractivity contribution in [1.82, 2.24) is 9.78 Å². The maximum absolute atomic E-state index is 12.4. The van der Waals surface area contributed by atoms with Crippen molar-refractivity contribution in [2.45, 2.75) is 27.3 Å². The van der Waals surface area contributed by atoms with Gasteiger partial charge in [-0.3, -0.25) is 14.3 Å². The van der Waals surface area contributed by atoms with E-state index in [1.54, 1.807) is 39.0 Å². The van der Waals surface area contributed by atoms with Crippen molar-refractivity contribution in [3.63, 3.8) is 0 Å². The second kappa shape index (κ2) is 7.41. The molecule has 122 valence electrons. The molecule has 1 amide bonds. The number of rotatable bonds is 5. The van der Waals surface area contributed by atoms with E-state index in [2.05, 4.69) is 26.3 Å². The van der Waals surface area contributed by atoms with E-state index in [9.17, 15) is 9.59 Å². The van der Waals surface area contributed by atoms with E-state index < -0.39 is 0 Å². The number of nitrogens with zero attached hydrogens (tertiary/aromatic N) is 2. The quantitative estimate of drug-likeness (QED) is 0.810. The Hall–Kier alpha value is -2.15. The highest BCUT2D eigenvalue weighted by Gasteiger charge is 2.18. The molecular weight excluding hydrogens is 362 g/mol. The van der Waals surface area contributed by atoms with Crippen LogP contribution < -0.4 is 5.32 Å². The second-order valence-corrected chi connectivity index (χ2v) is 5.80. The normalized spacial score (nSPS) is 10.4. The Morgan fingerprint density at radius 3 is 2.65 bits per heavy atom. The van der Waals surface area contributed by atoms with Gasteiger partial charge in [-0.15, -0.1) is 0 Å². The number of anilines is 1. The minimum atomic E-state index is -0.359. The zero-order valence-electron chi connectivity index (χ0n) is 13.2. The fourth-order valence-corrected chi connectivity index (χ4v) is 2.65. The van der Waals surface area contributed by atoms with E-state index in [-0.39, 0.29) is 18.4 Å². The molecule has 0 radical (unpaired) electrons. The topological polar surface area (TPSA) is 73.2 Å². The number of hydrogen-bond donors (Lipinski definition) is 1. The van der Waals surface area contributed by atoms with Gasteiger partial charge in [0.15, 0.2) is 0 Å². The molecule has 0 bridgehead atoms. The first-order chi connectivity index (χ1) is 10.9. The summed E-state index contributed by atoms with van der Waals surface area (Å²) in [4.78, 5) is 24.0. The van der Waals surface area contributed by atoms with Crippen LogP contribution >= 0.6 is 15.9 Å². The number of amides is 1. The molecule has 0 aliphatic carbocycles. The summed E-state index contributed by atoms with van der Waals surface area (Å²) in [6, 6.07) is 7.17. The Morgan fingerprint density at radius 1 is 1.30 bits per heavy atom. The van der Waals surface area contributed by atoms with Crippen LogP contribution in [0.1, 0.15) is 28.7 Å². The zero-order chi connectivity index (χ0) is 17.0. The molecule has 1 N–H and O–H groups in total. The molecule has 0 saturated heterocycles. The van der Waals surface area contributed by atoms with Gasteiger partial charge in [-0.1, -0.05) is 12.1 Å². The van der Waals surface area contributed by atoms with Crippen molar-refractivity contribution in [3.05, 3.63) is 45.7 Å². The summed E-state index contributed by atoms with van der Waals surface area (Å²) in [6.07, 6.45) is 0. The van der Waals surface area contributed by atoms with Crippen LogP contribution in [0, 0.1) is 13.8 Å². The van der Waals surface area contributed by atoms with Crippen LogP contribution in [0.2, 0.25) is 0 Å². The minimum Gasteiger partial charge on any atom is -0.465 e. The van der Waals surface area contributed by atoms with Crippen LogP contribution in [0.5, 0.6) is 0 Å². The third kappa shape index (κ3) is 3.98. The summed E-state index contributed by atoms with van der Waals surface area (Å²) >= 11 is 3.36. The van der Waals surface area contributed by atoms with Crippen LogP contribution in [0.4, 0.5) is 5.69 Å². The first kappa shape index (κ1) is 17.2. The number of hydrogen-bond acceptors (Lipinski definition) is 4. The molecule has 1 aromatic heterocycles. The number of carbonyl (C=O) groups is 2. The van der Waals surface area contributed by atoms with Gasteiger partial charge in [-0.05, 0) is 48.8 Å². The lowest BCUT2D eigenvalue weighted by atomic mass is 10.2. The summed E-state index contributed by atoms with van der Waals surface area (Å²) in [7, 11) is 0. The summed E-state index contributed by atoms with van der Waals surface area (Å²) in [5.41, 5.74) is 2.49. The number of benzene rings is 1. The van der Waals surface area contributed by atoms with Crippen molar-refractivity contribution in [2.24, 2.45) is 0 Å². The highest BCUT2D eigenvalue weighted by atomic mass is 79.9. The molecule has 0 unspecified atom stereocenters. The number of carbonyl (C=O) groups excluding carboxylic acids is 2. The van der Waals surface area contributed by atoms with Gasteiger partial charge in [0, 0.05) is 4.47 Å². The maximum atomic E-state index is 12.4. The van der Waals surface area contributed by atoms with E-state index in [1.165, 1.54) is 4.68 Å². The standard InChI is InChI=1S/C16H18BrN3O3/c1-4-23-14(21)9-20-11(3)15(10(2)19-20)18-16(22)12-7-5-6-8-13(12)17/h5-8H,4,9H2,1-3H3,(H,18,22). The predicted molar refractivity (Wildman–Crippen MR) is 90.4 cm³/mol. The molecule has 0 fully saturated rings. The van der Waals surface area contributed by atoms with Gasteiger partial charge in [0.05, 0.1) is 29.2 Å². The number of nitrogens with one attached hydrogen (secondary N) is 1. The van der Waals surface area contributed by atoms with E-state index in [4.69, 9.17) is 4.74 Å². The first-order valence-corrected chi connectivity index (χ1v) is 7.98. The average Bonchev–Trinajstić information content (AvgIpc) is 2.75. The highest BCUT2D eigenvalue weighted by Crippen LogP contribution is 2.22. The van der Waals surface area contributed by atoms with Crippen LogP contribution in [0.25, 0.3) is 0 Å². The largest absolute Gasteiger partial charge is 0.465 e. The second-order valence-electron chi connectivity index (χ2n) is 4.94. The Bertz CT molecular complexity index is 740. The number of aryl methyl sites for hydroxylation is 1. The number of ether oxygens (including phenoxy) is 1. The molecule has 2 rings (SSSR count). The van der Waals surface area contributed by atoms with Crippen molar-refractivity contribution < 1.29 is 14.3 Å². The van der Waals surface area contributed by atoms with Crippen LogP contribution in [0.3, 0.4) is 0 Å². The predicted octanol–water partition coefficient (Wildman–Crippen LogP) is 3.08. The number of esters is 1. The molecule has 0 aliphatic rings. The minimum absolute atomic E-state index is 0.0193. The van der Waals surface area contributed by atoms with Crippen LogP contribution in [-0.2, 0) is 16.1 Å².